The van der Waals surface area contributed by atoms with Crippen molar-refractivity contribution in [3.05, 3.63) is 21.4 Å². The SMILES string of the molecule is Cc1cc(C(C)NC2CCCC(C(C)C)CC2)c(C)s1. The Hall–Kier alpha value is -0.340. The Kier molecular flexibility index (Phi) is 5.68. The lowest BCUT2D eigenvalue weighted by atomic mass is 9.89. The van der Waals surface area contributed by atoms with Gasteiger partial charge in [-0.25, -0.2) is 0 Å². The lowest BCUT2D eigenvalue weighted by Gasteiger charge is -2.23. The van der Waals surface area contributed by atoms with Crippen molar-refractivity contribution in [2.45, 2.75) is 78.8 Å². The highest BCUT2D eigenvalue weighted by atomic mass is 32.1. The van der Waals surface area contributed by atoms with Crippen LogP contribution in [0.25, 0.3) is 0 Å². The van der Waals surface area contributed by atoms with Gasteiger partial charge >= 0.3 is 0 Å². The molecule has 3 atom stereocenters. The summed E-state index contributed by atoms with van der Waals surface area (Å²) in [6.45, 7) is 11.6. The van der Waals surface area contributed by atoms with Gasteiger partial charge in [0.2, 0.25) is 0 Å². The van der Waals surface area contributed by atoms with E-state index in [-0.39, 0.29) is 0 Å². The summed E-state index contributed by atoms with van der Waals surface area (Å²) >= 11 is 1.93. The molecule has 1 aromatic heterocycles. The monoisotopic (exact) mass is 293 g/mol. The first-order valence-electron chi connectivity index (χ1n) is 8.30. The third kappa shape index (κ3) is 4.08. The Balaban J connectivity index is 1.91. The van der Waals surface area contributed by atoms with E-state index in [9.17, 15) is 0 Å². The molecule has 2 heteroatoms. The fourth-order valence-electron chi connectivity index (χ4n) is 3.69. The first kappa shape index (κ1) is 16.0. The first-order chi connectivity index (χ1) is 9.47. The molecule has 1 N–H and O–H groups in total. The van der Waals surface area contributed by atoms with Crippen molar-refractivity contribution < 1.29 is 0 Å². The molecule has 1 nitrogen and oxygen atoms in total. The van der Waals surface area contributed by atoms with Gasteiger partial charge in [0.1, 0.15) is 0 Å². The maximum atomic E-state index is 3.90. The second-order valence-electron chi connectivity index (χ2n) is 6.97. The van der Waals surface area contributed by atoms with Crippen molar-refractivity contribution in [1.82, 2.24) is 5.32 Å². The van der Waals surface area contributed by atoms with Gasteiger partial charge in [0.15, 0.2) is 0 Å². The van der Waals surface area contributed by atoms with Crippen LogP contribution >= 0.6 is 11.3 Å². The molecule has 1 heterocycles. The quantitative estimate of drug-likeness (QED) is 0.710. The second kappa shape index (κ2) is 7.09. The van der Waals surface area contributed by atoms with Crippen LogP contribution < -0.4 is 5.32 Å². The summed E-state index contributed by atoms with van der Waals surface area (Å²) in [5, 5.41) is 3.90. The van der Waals surface area contributed by atoms with Crippen molar-refractivity contribution in [2.75, 3.05) is 0 Å². The summed E-state index contributed by atoms with van der Waals surface area (Å²) in [6, 6.07) is 3.58. The Morgan fingerprint density at radius 1 is 1.10 bits per heavy atom. The van der Waals surface area contributed by atoms with Gasteiger partial charge in [-0.2, -0.15) is 0 Å². The molecule has 0 bridgehead atoms. The predicted molar refractivity (Wildman–Crippen MR) is 90.5 cm³/mol. The van der Waals surface area contributed by atoms with Gasteiger partial charge in [0, 0.05) is 21.8 Å². The van der Waals surface area contributed by atoms with Gasteiger partial charge in [-0.1, -0.05) is 26.7 Å². The van der Waals surface area contributed by atoms with Crippen LogP contribution in [0.4, 0.5) is 0 Å². The minimum atomic E-state index is 0.501. The van der Waals surface area contributed by atoms with Crippen LogP contribution in [0.2, 0.25) is 0 Å². The molecule has 0 saturated heterocycles. The fourth-order valence-corrected chi connectivity index (χ4v) is 4.71. The van der Waals surface area contributed by atoms with E-state index in [1.54, 1.807) is 0 Å². The van der Waals surface area contributed by atoms with Crippen molar-refractivity contribution in [1.29, 1.82) is 0 Å². The minimum Gasteiger partial charge on any atom is -0.307 e. The van der Waals surface area contributed by atoms with Crippen LogP contribution in [0.1, 0.15) is 74.2 Å². The molecule has 1 saturated carbocycles. The fraction of sp³-hybridized carbons (Fsp3) is 0.778. The Morgan fingerprint density at radius 2 is 1.85 bits per heavy atom. The molecule has 1 aromatic rings. The average Bonchev–Trinajstić information content (AvgIpc) is 2.60. The van der Waals surface area contributed by atoms with Gasteiger partial charge in [0.05, 0.1) is 0 Å². The van der Waals surface area contributed by atoms with Crippen LogP contribution in [0, 0.1) is 25.7 Å². The van der Waals surface area contributed by atoms with Gasteiger partial charge in [0.25, 0.3) is 0 Å². The molecule has 0 aliphatic heterocycles. The number of hydrogen-bond acceptors (Lipinski definition) is 2. The first-order valence-corrected chi connectivity index (χ1v) is 9.12. The van der Waals surface area contributed by atoms with Gasteiger partial charge in [-0.05, 0) is 63.5 Å². The maximum Gasteiger partial charge on any atom is 0.0305 e. The van der Waals surface area contributed by atoms with E-state index in [2.05, 4.69) is 46.0 Å². The second-order valence-corrected chi connectivity index (χ2v) is 8.43. The van der Waals surface area contributed by atoms with E-state index in [0.29, 0.717) is 12.1 Å². The molecule has 20 heavy (non-hydrogen) atoms. The molecule has 0 aromatic carbocycles. The van der Waals surface area contributed by atoms with Crippen molar-refractivity contribution in [2.24, 2.45) is 11.8 Å². The molecule has 0 radical (unpaired) electrons. The molecule has 1 aliphatic carbocycles. The van der Waals surface area contributed by atoms with E-state index >= 15 is 0 Å². The van der Waals surface area contributed by atoms with Gasteiger partial charge in [-0.3, -0.25) is 0 Å². The molecule has 1 aliphatic rings. The smallest absolute Gasteiger partial charge is 0.0305 e. The van der Waals surface area contributed by atoms with E-state index in [4.69, 9.17) is 0 Å². The molecular formula is C18H31NS. The van der Waals surface area contributed by atoms with Gasteiger partial charge in [-0.15, -0.1) is 11.3 Å². The van der Waals surface area contributed by atoms with Crippen LogP contribution in [0.15, 0.2) is 6.07 Å². The van der Waals surface area contributed by atoms with Gasteiger partial charge < -0.3 is 5.32 Å². The van der Waals surface area contributed by atoms with Crippen LogP contribution in [-0.2, 0) is 0 Å². The third-order valence-electron chi connectivity index (χ3n) is 4.99. The third-order valence-corrected chi connectivity index (χ3v) is 5.97. The standard InChI is InChI=1S/C18H31NS/c1-12(2)16-7-6-8-17(10-9-16)19-14(4)18-11-13(3)20-15(18)5/h11-12,14,16-17,19H,6-10H2,1-5H3. The van der Waals surface area contributed by atoms with Crippen molar-refractivity contribution >= 4 is 11.3 Å². The number of rotatable bonds is 4. The Bertz CT molecular complexity index is 421. The van der Waals surface area contributed by atoms with Crippen molar-refractivity contribution in [3.63, 3.8) is 0 Å². The topological polar surface area (TPSA) is 12.0 Å². The molecule has 114 valence electrons. The zero-order valence-corrected chi connectivity index (χ0v) is 14.6. The van der Waals surface area contributed by atoms with Crippen LogP contribution in [0.5, 0.6) is 0 Å². The lowest BCUT2D eigenvalue weighted by molar-refractivity contribution is 0.335. The summed E-state index contributed by atoms with van der Waals surface area (Å²) in [7, 11) is 0. The predicted octanol–water partition coefficient (Wildman–Crippen LogP) is 5.62. The van der Waals surface area contributed by atoms with E-state index in [0.717, 1.165) is 11.8 Å². The zero-order chi connectivity index (χ0) is 14.7. The summed E-state index contributed by atoms with van der Waals surface area (Å²) < 4.78 is 0. The number of aryl methyl sites for hydroxylation is 2. The summed E-state index contributed by atoms with van der Waals surface area (Å²) in [5.41, 5.74) is 1.51. The number of nitrogens with one attached hydrogen (secondary N) is 1. The Labute approximate surface area is 129 Å². The van der Waals surface area contributed by atoms with Crippen molar-refractivity contribution in [3.8, 4) is 0 Å². The molecule has 3 unspecified atom stereocenters. The zero-order valence-electron chi connectivity index (χ0n) is 13.8. The minimum absolute atomic E-state index is 0.501. The summed E-state index contributed by atoms with van der Waals surface area (Å²) in [4.78, 5) is 2.92. The summed E-state index contributed by atoms with van der Waals surface area (Å²) in [6.07, 6.45) is 6.95. The average molecular weight is 294 g/mol. The lowest BCUT2D eigenvalue weighted by Crippen LogP contribution is -2.31. The van der Waals surface area contributed by atoms with E-state index in [1.165, 1.54) is 47.4 Å². The maximum absolute atomic E-state index is 3.90. The highest BCUT2D eigenvalue weighted by Gasteiger charge is 2.22. The van der Waals surface area contributed by atoms with Crippen LogP contribution in [0.3, 0.4) is 0 Å². The van der Waals surface area contributed by atoms with E-state index in [1.807, 2.05) is 11.3 Å². The molecule has 0 amide bonds. The molecule has 2 rings (SSSR count). The highest BCUT2D eigenvalue weighted by molar-refractivity contribution is 7.12. The molecule has 1 fully saturated rings. The van der Waals surface area contributed by atoms with E-state index < -0.39 is 0 Å². The normalized spacial score (nSPS) is 25.7. The Morgan fingerprint density at radius 3 is 2.45 bits per heavy atom. The largest absolute Gasteiger partial charge is 0.307 e. The summed E-state index contributed by atoms with van der Waals surface area (Å²) in [5.74, 6) is 1.80. The highest BCUT2D eigenvalue weighted by Crippen LogP contribution is 2.31. The number of hydrogen-bond donors (Lipinski definition) is 1. The number of thiophene rings is 1. The molecular weight excluding hydrogens is 262 g/mol. The van der Waals surface area contributed by atoms with Crippen LogP contribution in [-0.4, -0.2) is 6.04 Å². The molecule has 0 spiro atoms.